The van der Waals surface area contributed by atoms with Gasteiger partial charge >= 0.3 is 6.03 Å². The highest BCUT2D eigenvalue weighted by molar-refractivity contribution is 5.94. The molecule has 4 N–H and O–H groups in total. The first-order valence-electron chi connectivity index (χ1n) is 8.36. The van der Waals surface area contributed by atoms with Crippen molar-refractivity contribution in [2.24, 2.45) is 4.99 Å². The van der Waals surface area contributed by atoms with E-state index in [-0.39, 0.29) is 24.5 Å². The van der Waals surface area contributed by atoms with Crippen LogP contribution in [0.3, 0.4) is 0 Å². The summed E-state index contributed by atoms with van der Waals surface area (Å²) >= 11 is 0. The van der Waals surface area contributed by atoms with Gasteiger partial charge < -0.3 is 20.7 Å². The number of carbonyl (C=O) groups excluding carboxylic acids is 1. The Balaban J connectivity index is 1.70. The lowest BCUT2D eigenvalue weighted by atomic mass is 10.1. The van der Waals surface area contributed by atoms with E-state index in [4.69, 9.17) is 4.74 Å². The van der Waals surface area contributed by atoms with Gasteiger partial charge in [0.05, 0.1) is 24.8 Å². The van der Waals surface area contributed by atoms with E-state index in [0.29, 0.717) is 41.8 Å². The van der Waals surface area contributed by atoms with Crippen molar-refractivity contribution in [3.63, 3.8) is 0 Å². The zero-order chi connectivity index (χ0) is 18.1. The Morgan fingerprint density at radius 2 is 2.27 bits per heavy atom. The fraction of sp³-hybridized carbons (Fsp3) is 0.294. The summed E-state index contributed by atoms with van der Waals surface area (Å²) in [5, 5.41) is 10.6. The van der Waals surface area contributed by atoms with Gasteiger partial charge in [-0.25, -0.2) is 19.6 Å². The number of urea groups is 1. The smallest absolute Gasteiger partial charge is 0.319 e. The van der Waals surface area contributed by atoms with Gasteiger partial charge in [-0.1, -0.05) is 0 Å². The fourth-order valence-corrected chi connectivity index (χ4v) is 2.98. The van der Waals surface area contributed by atoms with E-state index in [0.717, 1.165) is 0 Å². The molecular formula is C17H19FN6O2. The highest BCUT2D eigenvalue weighted by Crippen LogP contribution is 2.27. The summed E-state index contributed by atoms with van der Waals surface area (Å²) in [7, 11) is 0. The molecule has 0 saturated carbocycles. The molecule has 1 aromatic carbocycles. The van der Waals surface area contributed by atoms with E-state index in [1.807, 2.05) is 19.2 Å². The predicted molar refractivity (Wildman–Crippen MR) is 93.4 cm³/mol. The van der Waals surface area contributed by atoms with Crippen LogP contribution < -0.4 is 26.1 Å². The number of hydrazine groups is 1. The van der Waals surface area contributed by atoms with Crippen LogP contribution in [0.1, 0.15) is 18.5 Å². The molecular weight excluding hydrogens is 339 g/mol. The van der Waals surface area contributed by atoms with Gasteiger partial charge in [0, 0.05) is 11.8 Å². The number of benzene rings is 1. The summed E-state index contributed by atoms with van der Waals surface area (Å²) in [6.45, 7) is 2.97. The SMILES string of the molecule is CC1NC2=NC3=C(CNN3C=C2)NC(=O)NCCOc2ccc(F)cc21. The molecule has 2 amide bonds. The molecule has 3 aliphatic rings. The Morgan fingerprint density at radius 1 is 1.38 bits per heavy atom. The number of nitrogens with zero attached hydrogens (tertiary/aromatic N) is 2. The molecule has 4 rings (SSSR count). The van der Waals surface area contributed by atoms with Crippen LogP contribution in [0.25, 0.3) is 0 Å². The summed E-state index contributed by atoms with van der Waals surface area (Å²) in [6, 6.07) is 3.84. The molecule has 0 aromatic heterocycles. The largest absolute Gasteiger partial charge is 0.491 e. The van der Waals surface area contributed by atoms with E-state index in [1.54, 1.807) is 11.1 Å². The highest BCUT2D eigenvalue weighted by Gasteiger charge is 2.25. The first-order chi connectivity index (χ1) is 12.6. The third kappa shape index (κ3) is 3.21. The van der Waals surface area contributed by atoms with E-state index < -0.39 is 0 Å². The number of amides is 2. The van der Waals surface area contributed by atoms with E-state index in [9.17, 15) is 9.18 Å². The minimum atomic E-state index is -0.336. The van der Waals surface area contributed by atoms with Crippen molar-refractivity contribution in [3.05, 3.63) is 53.4 Å². The first kappa shape index (κ1) is 16.4. The predicted octanol–water partition coefficient (Wildman–Crippen LogP) is 1.08. The van der Waals surface area contributed by atoms with Gasteiger partial charge in [0.2, 0.25) is 0 Å². The second-order valence-corrected chi connectivity index (χ2v) is 6.10. The number of aliphatic imine (C=N–C) groups is 1. The minimum absolute atomic E-state index is 0.223. The summed E-state index contributed by atoms with van der Waals surface area (Å²) in [4.78, 5) is 16.6. The molecule has 3 heterocycles. The summed E-state index contributed by atoms with van der Waals surface area (Å²) in [6.07, 6.45) is 3.63. The lowest BCUT2D eigenvalue weighted by Crippen LogP contribution is -2.38. The van der Waals surface area contributed by atoms with Crippen LogP contribution in [0.2, 0.25) is 0 Å². The molecule has 1 atom stereocenters. The molecule has 0 spiro atoms. The van der Waals surface area contributed by atoms with Crippen molar-refractivity contribution in [1.82, 2.24) is 26.4 Å². The Morgan fingerprint density at radius 3 is 3.15 bits per heavy atom. The first-order valence-corrected chi connectivity index (χ1v) is 8.36. The van der Waals surface area contributed by atoms with Gasteiger partial charge in [-0.05, 0) is 31.2 Å². The monoisotopic (exact) mass is 358 g/mol. The normalized spacial score (nSPS) is 22.4. The average Bonchev–Trinajstić information content (AvgIpc) is 3.01. The standard InChI is InChI=1S/C17H19FN6O2/c1-10-12-8-11(18)2-3-14(12)26-7-5-19-17(25)22-13-9-20-24-6-4-15(21-10)23-16(13)24/h2-4,6,8,10,20H,5,7,9H2,1H3,(H,21,23)(H2,19,22,25). The molecule has 9 heteroatoms. The maximum absolute atomic E-state index is 13.7. The number of amidine groups is 1. The molecule has 0 saturated heterocycles. The molecule has 0 fully saturated rings. The van der Waals surface area contributed by atoms with Gasteiger partial charge in [-0.3, -0.25) is 5.01 Å². The molecule has 1 unspecified atom stereocenters. The molecule has 0 radical (unpaired) electrons. The Bertz CT molecular complexity index is 835. The Labute approximate surface area is 149 Å². The van der Waals surface area contributed by atoms with Crippen molar-refractivity contribution in [2.75, 3.05) is 19.7 Å². The van der Waals surface area contributed by atoms with Crippen LogP contribution in [0.15, 0.2) is 47.0 Å². The summed E-state index contributed by atoms with van der Waals surface area (Å²) in [5.74, 6) is 1.46. The van der Waals surface area contributed by atoms with Gasteiger partial charge in [-0.15, -0.1) is 0 Å². The van der Waals surface area contributed by atoms with Gasteiger partial charge in [0.15, 0.2) is 5.82 Å². The van der Waals surface area contributed by atoms with Gasteiger partial charge in [0.1, 0.15) is 24.0 Å². The number of hydrogen-bond acceptors (Lipinski definition) is 6. The van der Waals surface area contributed by atoms with Crippen LogP contribution in [0, 0.1) is 5.82 Å². The zero-order valence-corrected chi connectivity index (χ0v) is 14.2. The Hall–Kier alpha value is -3.07. The number of fused-ring (bicyclic) bond motifs is 1. The molecule has 136 valence electrons. The number of ether oxygens (including phenoxy) is 1. The lowest BCUT2D eigenvalue weighted by molar-refractivity contribution is 0.238. The van der Waals surface area contributed by atoms with Crippen molar-refractivity contribution >= 4 is 11.9 Å². The topological polar surface area (TPSA) is 90.0 Å². The number of carbonyl (C=O) groups is 1. The van der Waals surface area contributed by atoms with Crippen LogP contribution in [0.4, 0.5) is 9.18 Å². The van der Waals surface area contributed by atoms with Crippen molar-refractivity contribution in [2.45, 2.75) is 13.0 Å². The Kier molecular flexibility index (Phi) is 4.21. The second-order valence-electron chi connectivity index (χ2n) is 6.10. The summed E-state index contributed by atoms with van der Waals surface area (Å²) < 4.78 is 19.5. The van der Waals surface area contributed by atoms with Crippen molar-refractivity contribution < 1.29 is 13.9 Å². The van der Waals surface area contributed by atoms with Crippen LogP contribution in [-0.2, 0) is 0 Å². The second kappa shape index (κ2) is 6.68. The van der Waals surface area contributed by atoms with E-state index >= 15 is 0 Å². The number of rotatable bonds is 0. The van der Waals surface area contributed by atoms with E-state index in [1.165, 1.54) is 12.1 Å². The minimum Gasteiger partial charge on any atom is -0.491 e. The quantitative estimate of drug-likeness (QED) is 0.557. The molecule has 0 aliphatic carbocycles. The lowest BCUT2D eigenvalue weighted by Gasteiger charge is -2.24. The summed E-state index contributed by atoms with van der Waals surface area (Å²) in [5.41, 5.74) is 4.47. The van der Waals surface area contributed by atoms with Crippen LogP contribution >= 0.6 is 0 Å². The van der Waals surface area contributed by atoms with Crippen molar-refractivity contribution in [1.29, 1.82) is 0 Å². The molecule has 3 aliphatic heterocycles. The molecule has 8 nitrogen and oxygen atoms in total. The number of nitrogens with one attached hydrogen (secondary N) is 4. The van der Waals surface area contributed by atoms with E-state index in [2.05, 4.69) is 26.4 Å². The maximum Gasteiger partial charge on any atom is 0.319 e. The zero-order valence-electron chi connectivity index (χ0n) is 14.2. The molecule has 26 heavy (non-hydrogen) atoms. The number of hydrogen-bond donors (Lipinski definition) is 4. The highest BCUT2D eigenvalue weighted by atomic mass is 19.1. The van der Waals surface area contributed by atoms with Crippen LogP contribution in [0.5, 0.6) is 5.75 Å². The van der Waals surface area contributed by atoms with Gasteiger partial charge in [-0.2, -0.15) is 0 Å². The van der Waals surface area contributed by atoms with Gasteiger partial charge in [0.25, 0.3) is 0 Å². The maximum atomic E-state index is 13.7. The molecule has 1 aromatic rings. The third-order valence-corrected chi connectivity index (χ3v) is 4.24. The average molecular weight is 358 g/mol. The fourth-order valence-electron chi connectivity index (χ4n) is 2.98. The third-order valence-electron chi connectivity index (χ3n) is 4.24. The number of halogens is 1. The molecule has 2 bridgehead atoms. The van der Waals surface area contributed by atoms with Crippen LogP contribution in [-0.4, -0.2) is 36.6 Å². The van der Waals surface area contributed by atoms with Crippen molar-refractivity contribution in [3.8, 4) is 5.75 Å².